The van der Waals surface area contributed by atoms with Gasteiger partial charge in [0.05, 0.1) is 11.0 Å². The predicted molar refractivity (Wildman–Crippen MR) is 76.4 cm³/mol. The van der Waals surface area contributed by atoms with Crippen LogP contribution in [0.5, 0.6) is 0 Å². The van der Waals surface area contributed by atoms with Crippen LogP contribution >= 0.6 is 11.8 Å². The first-order valence-electron chi connectivity index (χ1n) is 6.14. The zero-order chi connectivity index (χ0) is 13.1. The van der Waals surface area contributed by atoms with E-state index in [2.05, 4.69) is 18.8 Å². The summed E-state index contributed by atoms with van der Waals surface area (Å²) in [5.74, 6) is 2.40. The minimum atomic E-state index is -0.251. The summed E-state index contributed by atoms with van der Waals surface area (Å²) in [6.45, 7) is 4.24. The number of hydrogen-bond donors (Lipinski definition) is 1. The van der Waals surface area contributed by atoms with E-state index in [0.717, 1.165) is 29.0 Å². The second-order valence-electron chi connectivity index (χ2n) is 4.31. The van der Waals surface area contributed by atoms with E-state index in [1.807, 2.05) is 16.3 Å². The van der Waals surface area contributed by atoms with Crippen LogP contribution in [0.2, 0.25) is 0 Å². The largest absolute Gasteiger partial charge is 0.369 e. The first kappa shape index (κ1) is 13.2. The molecule has 1 unspecified atom stereocenters. The molecule has 1 heterocycles. The summed E-state index contributed by atoms with van der Waals surface area (Å²) in [6.07, 6.45) is 1.00. The molecule has 0 amide bonds. The van der Waals surface area contributed by atoms with Crippen LogP contribution in [0, 0.1) is 5.82 Å². The number of nitrogens with two attached hydrogens (primary N) is 1. The zero-order valence-electron chi connectivity index (χ0n) is 10.7. The van der Waals surface area contributed by atoms with Crippen molar-refractivity contribution in [3.8, 4) is 0 Å². The number of rotatable bonds is 5. The van der Waals surface area contributed by atoms with Gasteiger partial charge in [-0.2, -0.15) is 11.8 Å². The summed E-state index contributed by atoms with van der Waals surface area (Å²) < 4.78 is 15.2. The van der Waals surface area contributed by atoms with Gasteiger partial charge >= 0.3 is 0 Å². The average Bonchev–Trinajstić information content (AvgIpc) is 2.64. The third-order valence-corrected chi connectivity index (χ3v) is 3.94. The molecule has 0 saturated carbocycles. The van der Waals surface area contributed by atoms with Crippen LogP contribution in [0.3, 0.4) is 0 Å². The van der Waals surface area contributed by atoms with E-state index < -0.39 is 0 Å². The summed E-state index contributed by atoms with van der Waals surface area (Å²) in [6, 6.07) is 4.82. The number of nitrogen functional groups attached to an aromatic ring is 1. The van der Waals surface area contributed by atoms with Crippen molar-refractivity contribution in [3.63, 3.8) is 0 Å². The Labute approximate surface area is 111 Å². The Kier molecular flexibility index (Phi) is 4.11. The lowest BCUT2D eigenvalue weighted by Gasteiger charge is -2.15. The number of halogens is 1. The van der Waals surface area contributed by atoms with Gasteiger partial charge in [-0.3, -0.25) is 0 Å². The van der Waals surface area contributed by atoms with Gasteiger partial charge in [-0.05, 0) is 43.0 Å². The summed E-state index contributed by atoms with van der Waals surface area (Å²) in [7, 11) is 0. The summed E-state index contributed by atoms with van der Waals surface area (Å²) in [5, 5.41) is 0. The molecule has 0 spiro atoms. The lowest BCUT2D eigenvalue weighted by molar-refractivity contribution is 0.554. The third kappa shape index (κ3) is 2.61. The molecule has 0 aliphatic rings. The summed E-state index contributed by atoms with van der Waals surface area (Å²) in [5.41, 5.74) is 7.46. The number of fused-ring (bicyclic) bond motifs is 1. The maximum atomic E-state index is 13.3. The molecule has 1 aromatic heterocycles. The number of nitrogens with zero attached hydrogens (tertiary/aromatic N) is 2. The molecule has 0 bridgehead atoms. The lowest BCUT2D eigenvalue weighted by atomic mass is 10.2. The minimum absolute atomic E-state index is 0.232. The molecular weight excluding hydrogens is 249 g/mol. The highest BCUT2D eigenvalue weighted by molar-refractivity contribution is 7.99. The minimum Gasteiger partial charge on any atom is -0.369 e. The Balaban J connectivity index is 2.30. The van der Waals surface area contributed by atoms with E-state index in [-0.39, 0.29) is 11.9 Å². The molecule has 0 radical (unpaired) electrons. The fraction of sp³-hybridized carbons (Fsp3) is 0.462. The Morgan fingerprint density at radius 1 is 1.50 bits per heavy atom. The molecule has 2 rings (SSSR count). The van der Waals surface area contributed by atoms with Gasteiger partial charge in [0.1, 0.15) is 5.82 Å². The molecule has 1 aromatic carbocycles. The van der Waals surface area contributed by atoms with Crippen molar-refractivity contribution in [3.05, 3.63) is 24.0 Å². The average molecular weight is 267 g/mol. The van der Waals surface area contributed by atoms with Crippen LogP contribution in [0.1, 0.15) is 26.3 Å². The highest BCUT2D eigenvalue weighted by Gasteiger charge is 2.14. The molecule has 2 N–H and O–H groups in total. The Bertz CT molecular complexity index is 538. The van der Waals surface area contributed by atoms with Crippen LogP contribution < -0.4 is 5.73 Å². The van der Waals surface area contributed by atoms with Crippen LogP contribution in [0.15, 0.2) is 18.2 Å². The van der Waals surface area contributed by atoms with Gasteiger partial charge in [-0.25, -0.2) is 9.37 Å². The molecule has 2 aromatic rings. The maximum absolute atomic E-state index is 13.3. The molecule has 0 fully saturated rings. The van der Waals surface area contributed by atoms with Gasteiger partial charge in [0.2, 0.25) is 5.95 Å². The number of hydrogen-bond acceptors (Lipinski definition) is 3. The van der Waals surface area contributed by atoms with E-state index in [4.69, 9.17) is 5.73 Å². The van der Waals surface area contributed by atoms with Crippen molar-refractivity contribution in [1.29, 1.82) is 0 Å². The van der Waals surface area contributed by atoms with Crippen molar-refractivity contribution >= 4 is 28.7 Å². The molecule has 0 aliphatic heterocycles. The highest BCUT2D eigenvalue weighted by Crippen LogP contribution is 2.26. The number of benzene rings is 1. The maximum Gasteiger partial charge on any atom is 0.201 e. The SMILES string of the molecule is CCSCCC(C)n1c(N)nc2ccc(F)cc21. The molecule has 3 nitrogen and oxygen atoms in total. The van der Waals surface area contributed by atoms with E-state index in [1.165, 1.54) is 12.1 Å². The topological polar surface area (TPSA) is 43.8 Å². The van der Waals surface area contributed by atoms with Crippen LogP contribution in [0.4, 0.5) is 10.3 Å². The van der Waals surface area contributed by atoms with Gasteiger partial charge in [-0.15, -0.1) is 0 Å². The molecule has 1 atom stereocenters. The normalized spacial score (nSPS) is 13.1. The smallest absolute Gasteiger partial charge is 0.201 e. The second-order valence-corrected chi connectivity index (χ2v) is 5.70. The summed E-state index contributed by atoms with van der Waals surface area (Å²) >= 11 is 1.90. The van der Waals surface area contributed by atoms with Gasteiger partial charge in [0.15, 0.2) is 0 Å². The molecule has 0 aliphatic carbocycles. The number of anilines is 1. The van der Waals surface area contributed by atoms with Crippen molar-refractivity contribution in [2.75, 3.05) is 17.2 Å². The fourth-order valence-electron chi connectivity index (χ4n) is 2.08. The number of aromatic nitrogens is 2. The molecule has 0 saturated heterocycles. The van der Waals surface area contributed by atoms with Gasteiger partial charge in [0, 0.05) is 6.04 Å². The highest BCUT2D eigenvalue weighted by atomic mass is 32.2. The van der Waals surface area contributed by atoms with Crippen molar-refractivity contribution in [2.45, 2.75) is 26.3 Å². The van der Waals surface area contributed by atoms with Crippen LogP contribution in [-0.2, 0) is 0 Å². The van der Waals surface area contributed by atoms with Crippen molar-refractivity contribution in [2.24, 2.45) is 0 Å². The van der Waals surface area contributed by atoms with Gasteiger partial charge in [0.25, 0.3) is 0 Å². The fourth-order valence-corrected chi connectivity index (χ4v) is 2.87. The number of thioether (sulfide) groups is 1. The first-order chi connectivity index (χ1) is 8.63. The molecule has 98 valence electrons. The van der Waals surface area contributed by atoms with Crippen LogP contribution in [-0.4, -0.2) is 21.1 Å². The van der Waals surface area contributed by atoms with Crippen LogP contribution in [0.25, 0.3) is 11.0 Å². The van der Waals surface area contributed by atoms with E-state index >= 15 is 0 Å². The standard InChI is InChI=1S/C13H18FN3S/c1-3-18-7-6-9(2)17-12-8-10(14)4-5-11(12)16-13(17)15/h4-5,8-9H,3,6-7H2,1-2H3,(H2,15,16). The Morgan fingerprint density at radius 2 is 2.28 bits per heavy atom. The molecule has 5 heteroatoms. The van der Waals surface area contributed by atoms with E-state index in [1.54, 1.807) is 6.07 Å². The molecular formula is C13H18FN3S. The predicted octanol–water partition coefficient (Wildman–Crippen LogP) is 3.46. The van der Waals surface area contributed by atoms with Crippen molar-refractivity contribution in [1.82, 2.24) is 9.55 Å². The quantitative estimate of drug-likeness (QED) is 0.844. The lowest BCUT2D eigenvalue weighted by Crippen LogP contribution is -2.09. The van der Waals surface area contributed by atoms with Gasteiger partial charge in [-0.1, -0.05) is 6.92 Å². The third-order valence-electron chi connectivity index (χ3n) is 3.00. The monoisotopic (exact) mass is 267 g/mol. The summed E-state index contributed by atoms with van der Waals surface area (Å²) in [4.78, 5) is 4.27. The van der Waals surface area contributed by atoms with E-state index in [0.29, 0.717) is 5.95 Å². The molecule has 18 heavy (non-hydrogen) atoms. The zero-order valence-corrected chi connectivity index (χ0v) is 11.5. The second kappa shape index (κ2) is 5.61. The van der Waals surface area contributed by atoms with E-state index in [9.17, 15) is 4.39 Å². The first-order valence-corrected chi connectivity index (χ1v) is 7.29. The van der Waals surface area contributed by atoms with Crippen molar-refractivity contribution < 1.29 is 4.39 Å². The Hall–Kier alpha value is -1.23. The van der Waals surface area contributed by atoms with Gasteiger partial charge < -0.3 is 10.3 Å². The Morgan fingerprint density at radius 3 is 3.00 bits per heavy atom. The number of imidazole rings is 1.